The van der Waals surface area contributed by atoms with Crippen LogP contribution in [-0.4, -0.2) is 66.4 Å². The summed E-state index contributed by atoms with van der Waals surface area (Å²) >= 11 is 0. The summed E-state index contributed by atoms with van der Waals surface area (Å²) in [6, 6.07) is -0.137. The number of carboxylic acid groups (broad SMARTS) is 1. The van der Waals surface area contributed by atoms with E-state index in [4.69, 9.17) is 4.74 Å². The van der Waals surface area contributed by atoms with Crippen molar-refractivity contribution in [2.75, 3.05) is 39.4 Å². The van der Waals surface area contributed by atoms with Gasteiger partial charge in [-0.05, 0) is 19.3 Å². The van der Waals surface area contributed by atoms with Crippen LogP contribution in [0, 0.1) is 5.41 Å². The fourth-order valence-corrected chi connectivity index (χ4v) is 2.74. The molecule has 2 amide bonds. The molecule has 0 saturated carbocycles. The van der Waals surface area contributed by atoms with Crippen molar-refractivity contribution in [2.45, 2.75) is 26.2 Å². The number of amides is 2. The maximum atomic E-state index is 12.1. The van der Waals surface area contributed by atoms with Gasteiger partial charge in [0.15, 0.2) is 0 Å². The molecule has 114 valence electrons. The smallest absolute Gasteiger partial charge is 0.331 e. The molecular weight excluding hydrogens is 262 g/mol. The molecule has 2 heterocycles. The third-order valence-electron chi connectivity index (χ3n) is 4.40. The van der Waals surface area contributed by atoms with Gasteiger partial charge in [0.2, 0.25) is 0 Å². The molecule has 0 bridgehead atoms. The Morgan fingerprint density at radius 1 is 1.20 bits per heavy atom. The van der Waals surface area contributed by atoms with Crippen molar-refractivity contribution < 1.29 is 19.4 Å². The minimum atomic E-state index is -0.742. The van der Waals surface area contributed by atoms with Gasteiger partial charge in [0.05, 0.1) is 18.6 Å². The lowest BCUT2D eigenvalue weighted by molar-refractivity contribution is -0.152. The van der Waals surface area contributed by atoms with Gasteiger partial charge in [-0.15, -0.1) is 0 Å². The second kappa shape index (κ2) is 6.41. The van der Waals surface area contributed by atoms with E-state index < -0.39 is 11.4 Å². The normalized spacial score (nSPS) is 23.4. The first-order chi connectivity index (χ1) is 9.57. The second-order valence-corrected chi connectivity index (χ2v) is 5.44. The van der Waals surface area contributed by atoms with Crippen LogP contribution >= 0.6 is 0 Å². The van der Waals surface area contributed by atoms with Crippen LogP contribution in [0.4, 0.5) is 4.79 Å². The molecule has 7 heteroatoms. The highest BCUT2D eigenvalue weighted by Gasteiger charge is 2.40. The fourth-order valence-electron chi connectivity index (χ4n) is 2.74. The van der Waals surface area contributed by atoms with Crippen molar-refractivity contribution in [1.29, 1.82) is 0 Å². The Hall–Kier alpha value is -1.34. The Balaban J connectivity index is 1.83. The monoisotopic (exact) mass is 285 g/mol. The standard InChI is InChI=1S/C13H23N3O4/c1-2-13(11(17)18)3-5-15(6-4-13)12(19)14-16-7-9-20-10-8-16/h2-10H2,1H3,(H,14,19)(H,17,18). The quantitative estimate of drug-likeness (QED) is 0.790. The van der Waals surface area contributed by atoms with Gasteiger partial charge in [-0.25, -0.2) is 9.80 Å². The average molecular weight is 285 g/mol. The number of rotatable bonds is 3. The van der Waals surface area contributed by atoms with Crippen LogP contribution in [0.25, 0.3) is 0 Å². The van der Waals surface area contributed by atoms with Crippen LogP contribution in [0.5, 0.6) is 0 Å². The summed E-state index contributed by atoms with van der Waals surface area (Å²) in [5, 5.41) is 11.2. The first-order valence-electron chi connectivity index (χ1n) is 7.19. The number of hydrazine groups is 1. The number of hydrogen-bond donors (Lipinski definition) is 2. The predicted octanol–water partition coefficient (Wildman–Crippen LogP) is 0.520. The highest BCUT2D eigenvalue weighted by Crippen LogP contribution is 2.35. The van der Waals surface area contributed by atoms with Gasteiger partial charge in [0, 0.05) is 26.2 Å². The largest absolute Gasteiger partial charge is 0.481 e. The lowest BCUT2D eigenvalue weighted by atomic mass is 9.76. The average Bonchev–Trinajstić information content (AvgIpc) is 2.48. The molecule has 0 aliphatic carbocycles. The Labute approximate surface area is 118 Å². The van der Waals surface area contributed by atoms with Gasteiger partial charge in [0.1, 0.15) is 0 Å². The summed E-state index contributed by atoms with van der Waals surface area (Å²) in [7, 11) is 0. The summed E-state index contributed by atoms with van der Waals surface area (Å²) in [4.78, 5) is 25.2. The van der Waals surface area contributed by atoms with Crippen molar-refractivity contribution in [2.24, 2.45) is 5.41 Å². The first-order valence-corrected chi connectivity index (χ1v) is 7.19. The zero-order chi connectivity index (χ0) is 14.6. The van der Waals surface area contributed by atoms with E-state index in [-0.39, 0.29) is 6.03 Å². The molecule has 20 heavy (non-hydrogen) atoms. The van der Waals surface area contributed by atoms with Crippen molar-refractivity contribution in [3.63, 3.8) is 0 Å². The van der Waals surface area contributed by atoms with E-state index >= 15 is 0 Å². The van der Waals surface area contributed by atoms with E-state index in [0.29, 0.717) is 58.7 Å². The Bertz CT molecular complexity index is 361. The molecule has 7 nitrogen and oxygen atoms in total. The van der Waals surface area contributed by atoms with Crippen LogP contribution in [0.15, 0.2) is 0 Å². The number of nitrogens with zero attached hydrogens (tertiary/aromatic N) is 2. The maximum absolute atomic E-state index is 12.1. The lowest BCUT2D eigenvalue weighted by Crippen LogP contribution is -2.55. The van der Waals surface area contributed by atoms with Gasteiger partial charge in [-0.2, -0.15) is 0 Å². The lowest BCUT2D eigenvalue weighted by Gasteiger charge is -2.39. The molecule has 2 saturated heterocycles. The summed E-state index contributed by atoms with van der Waals surface area (Å²) in [5.41, 5.74) is 2.20. The molecule has 2 aliphatic heterocycles. The minimum Gasteiger partial charge on any atom is -0.481 e. The van der Waals surface area contributed by atoms with Gasteiger partial charge >= 0.3 is 12.0 Å². The van der Waals surface area contributed by atoms with E-state index in [2.05, 4.69) is 5.43 Å². The fraction of sp³-hybridized carbons (Fsp3) is 0.846. The molecule has 0 aromatic heterocycles. The molecule has 2 aliphatic rings. The highest BCUT2D eigenvalue weighted by atomic mass is 16.5. The van der Waals surface area contributed by atoms with Crippen molar-refractivity contribution in [3.05, 3.63) is 0 Å². The van der Waals surface area contributed by atoms with Gasteiger partial charge in [-0.1, -0.05) is 6.92 Å². The van der Waals surface area contributed by atoms with Gasteiger partial charge in [0.25, 0.3) is 0 Å². The van der Waals surface area contributed by atoms with Crippen LogP contribution in [0.2, 0.25) is 0 Å². The number of piperidine rings is 1. The van der Waals surface area contributed by atoms with Crippen LogP contribution in [0.1, 0.15) is 26.2 Å². The van der Waals surface area contributed by atoms with E-state index in [1.807, 2.05) is 11.9 Å². The Morgan fingerprint density at radius 3 is 2.30 bits per heavy atom. The second-order valence-electron chi connectivity index (χ2n) is 5.44. The Morgan fingerprint density at radius 2 is 1.80 bits per heavy atom. The molecule has 0 unspecified atom stereocenters. The first kappa shape index (κ1) is 15.1. The molecule has 0 aromatic carbocycles. The van der Waals surface area contributed by atoms with Crippen molar-refractivity contribution in [1.82, 2.24) is 15.3 Å². The van der Waals surface area contributed by atoms with Crippen molar-refractivity contribution in [3.8, 4) is 0 Å². The zero-order valence-electron chi connectivity index (χ0n) is 11.9. The van der Waals surface area contributed by atoms with E-state index in [9.17, 15) is 14.7 Å². The topological polar surface area (TPSA) is 82.1 Å². The maximum Gasteiger partial charge on any atom is 0.331 e. The Kier molecular flexibility index (Phi) is 4.82. The predicted molar refractivity (Wildman–Crippen MR) is 72.1 cm³/mol. The van der Waals surface area contributed by atoms with E-state index in [1.165, 1.54) is 0 Å². The highest BCUT2D eigenvalue weighted by molar-refractivity contribution is 5.77. The molecule has 0 radical (unpaired) electrons. The molecule has 0 aromatic rings. The van der Waals surface area contributed by atoms with Crippen LogP contribution < -0.4 is 5.43 Å². The summed E-state index contributed by atoms with van der Waals surface area (Å²) in [6.45, 7) is 5.52. The zero-order valence-corrected chi connectivity index (χ0v) is 11.9. The summed E-state index contributed by atoms with van der Waals surface area (Å²) in [6.07, 6.45) is 1.66. The van der Waals surface area contributed by atoms with Crippen LogP contribution in [-0.2, 0) is 9.53 Å². The number of aliphatic carboxylic acids is 1. The summed E-state index contributed by atoms with van der Waals surface area (Å²) < 4.78 is 5.22. The van der Waals surface area contributed by atoms with Gasteiger partial charge in [-0.3, -0.25) is 10.2 Å². The number of hydrogen-bond acceptors (Lipinski definition) is 4. The van der Waals surface area contributed by atoms with Crippen molar-refractivity contribution >= 4 is 12.0 Å². The molecule has 2 rings (SSSR count). The van der Waals surface area contributed by atoms with Gasteiger partial charge < -0.3 is 14.7 Å². The molecule has 0 atom stereocenters. The van der Waals surface area contributed by atoms with E-state index in [1.54, 1.807) is 4.90 Å². The number of carboxylic acids is 1. The number of morpholine rings is 1. The SMILES string of the molecule is CCC1(C(=O)O)CCN(C(=O)NN2CCOCC2)CC1. The van der Waals surface area contributed by atoms with E-state index in [0.717, 1.165) is 0 Å². The molecule has 2 fully saturated rings. The minimum absolute atomic E-state index is 0.137. The number of urea groups is 1. The number of nitrogens with one attached hydrogen (secondary N) is 1. The molecule has 2 N–H and O–H groups in total. The molecule has 0 spiro atoms. The number of likely N-dealkylation sites (tertiary alicyclic amines) is 1. The third-order valence-corrected chi connectivity index (χ3v) is 4.40. The van der Waals surface area contributed by atoms with Crippen LogP contribution in [0.3, 0.4) is 0 Å². The number of ether oxygens (including phenoxy) is 1. The number of carbonyl (C=O) groups excluding carboxylic acids is 1. The summed E-state index contributed by atoms with van der Waals surface area (Å²) in [5.74, 6) is -0.742. The third kappa shape index (κ3) is 3.21. The molecular formula is C13H23N3O4. The number of carbonyl (C=O) groups is 2.